The SMILES string of the molecule is O=C(COc1ccccc1/C=C1/SC(=S)NC1=O)NCCc1ccccc1. The highest BCUT2D eigenvalue weighted by Crippen LogP contribution is 2.29. The van der Waals surface area contributed by atoms with Crippen LogP contribution in [0.15, 0.2) is 59.5 Å². The van der Waals surface area contributed by atoms with Gasteiger partial charge in [0.2, 0.25) is 0 Å². The summed E-state index contributed by atoms with van der Waals surface area (Å²) in [6, 6.07) is 17.2. The first-order valence-corrected chi connectivity index (χ1v) is 9.61. The Morgan fingerprint density at radius 3 is 2.63 bits per heavy atom. The third-order valence-corrected chi connectivity index (χ3v) is 4.95. The maximum absolute atomic E-state index is 12.0. The van der Waals surface area contributed by atoms with Crippen molar-refractivity contribution in [2.75, 3.05) is 13.2 Å². The second-order valence-electron chi connectivity index (χ2n) is 5.76. The van der Waals surface area contributed by atoms with Crippen molar-refractivity contribution in [3.63, 3.8) is 0 Å². The second kappa shape index (κ2) is 9.34. The molecule has 0 bridgehead atoms. The standard InChI is InChI=1S/C20H18N2O3S2/c23-18(21-11-10-14-6-2-1-3-7-14)13-25-16-9-5-4-8-15(16)12-17-19(24)22-20(26)27-17/h1-9,12H,10-11,13H2,(H,21,23)(H,22,24,26)/b17-12+. The summed E-state index contributed by atoms with van der Waals surface area (Å²) >= 11 is 6.20. The van der Waals surface area contributed by atoms with Crippen molar-refractivity contribution in [1.29, 1.82) is 0 Å². The molecule has 0 aliphatic carbocycles. The smallest absolute Gasteiger partial charge is 0.263 e. The van der Waals surface area contributed by atoms with Gasteiger partial charge in [-0.2, -0.15) is 0 Å². The topological polar surface area (TPSA) is 67.4 Å². The van der Waals surface area contributed by atoms with Gasteiger partial charge in [0.1, 0.15) is 10.1 Å². The molecule has 1 aliphatic heterocycles. The average molecular weight is 399 g/mol. The molecule has 5 nitrogen and oxygen atoms in total. The molecule has 0 spiro atoms. The third kappa shape index (κ3) is 5.67. The second-order valence-corrected chi connectivity index (χ2v) is 7.48. The molecule has 0 atom stereocenters. The molecule has 2 aromatic carbocycles. The van der Waals surface area contributed by atoms with Crippen LogP contribution in [0.2, 0.25) is 0 Å². The number of thioether (sulfide) groups is 1. The highest BCUT2D eigenvalue weighted by atomic mass is 32.2. The molecule has 2 amide bonds. The largest absolute Gasteiger partial charge is 0.483 e. The Morgan fingerprint density at radius 1 is 1.15 bits per heavy atom. The number of thiocarbonyl (C=S) groups is 1. The van der Waals surface area contributed by atoms with Crippen molar-refractivity contribution in [1.82, 2.24) is 10.6 Å². The van der Waals surface area contributed by atoms with E-state index in [0.717, 1.165) is 12.0 Å². The quantitative estimate of drug-likeness (QED) is 0.555. The van der Waals surface area contributed by atoms with Gasteiger partial charge in [0, 0.05) is 12.1 Å². The molecule has 0 saturated carbocycles. The zero-order chi connectivity index (χ0) is 19.1. The van der Waals surface area contributed by atoms with Gasteiger partial charge in [-0.05, 0) is 24.1 Å². The van der Waals surface area contributed by atoms with E-state index in [9.17, 15) is 9.59 Å². The molecule has 1 saturated heterocycles. The van der Waals surface area contributed by atoms with Gasteiger partial charge in [-0.1, -0.05) is 72.5 Å². The zero-order valence-corrected chi connectivity index (χ0v) is 16.1. The first-order valence-electron chi connectivity index (χ1n) is 8.39. The van der Waals surface area contributed by atoms with Gasteiger partial charge < -0.3 is 15.4 Å². The van der Waals surface area contributed by atoms with Crippen molar-refractivity contribution < 1.29 is 14.3 Å². The molecule has 138 valence electrons. The number of ether oxygens (including phenoxy) is 1. The number of carbonyl (C=O) groups is 2. The number of para-hydroxylation sites is 1. The molecular weight excluding hydrogens is 380 g/mol. The van der Waals surface area contributed by atoms with Gasteiger partial charge in [-0.15, -0.1) is 0 Å². The van der Waals surface area contributed by atoms with Crippen molar-refractivity contribution >= 4 is 46.2 Å². The summed E-state index contributed by atoms with van der Waals surface area (Å²) in [5, 5.41) is 5.42. The molecule has 0 aromatic heterocycles. The zero-order valence-electron chi connectivity index (χ0n) is 14.4. The highest BCUT2D eigenvalue weighted by Gasteiger charge is 2.22. The van der Waals surface area contributed by atoms with Crippen LogP contribution in [0.1, 0.15) is 11.1 Å². The molecule has 27 heavy (non-hydrogen) atoms. The van der Waals surface area contributed by atoms with Crippen LogP contribution >= 0.6 is 24.0 Å². The summed E-state index contributed by atoms with van der Waals surface area (Å²) in [7, 11) is 0. The van der Waals surface area contributed by atoms with Crippen LogP contribution in [0.5, 0.6) is 5.75 Å². The van der Waals surface area contributed by atoms with E-state index in [1.807, 2.05) is 48.5 Å². The lowest BCUT2D eigenvalue weighted by molar-refractivity contribution is -0.123. The lowest BCUT2D eigenvalue weighted by Gasteiger charge is -2.10. The lowest BCUT2D eigenvalue weighted by Crippen LogP contribution is -2.30. The normalized spacial score (nSPS) is 14.9. The van der Waals surface area contributed by atoms with Crippen LogP contribution < -0.4 is 15.4 Å². The first kappa shape index (κ1) is 19.1. The van der Waals surface area contributed by atoms with Gasteiger partial charge in [0.25, 0.3) is 11.8 Å². The minimum Gasteiger partial charge on any atom is -0.483 e. The van der Waals surface area contributed by atoms with Crippen LogP contribution in [-0.4, -0.2) is 29.3 Å². The Morgan fingerprint density at radius 2 is 1.89 bits per heavy atom. The van der Waals surface area contributed by atoms with Gasteiger partial charge in [0.15, 0.2) is 6.61 Å². The van der Waals surface area contributed by atoms with Crippen molar-refractivity contribution in [3.05, 3.63) is 70.6 Å². The fraction of sp³-hybridized carbons (Fsp3) is 0.150. The number of amides is 2. The first-order chi connectivity index (χ1) is 13.1. The predicted octanol–water partition coefficient (Wildman–Crippen LogP) is 2.91. The van der Waals surface area contributed by atoms with E-state index in [1.165, 1.54) is 17.3 Å². The fourth-order valence-corrected chi connectivity index (χ4v) is 3.51. The van der Waals surface area contributed by atoms with Crippen LogP contribution in [0.4, 0.5) is 0 Å². The summed E-state index contributed by atoms with van der Waals surface area (Å²) in [6.45, 7) is 0.457. The molecular formula is C20H18N2O3S2. The molecule has 0 unspecified atom stereocenters. The van der Waals surface area contributed by atoms with E-state index in [1.54, 1.807) is 12.1 Å². The van der Waals surface area contributed by atoms with E-state index >= 15 is 0 Å². The summed E-state index contributed by atoms with van der Waals surface area (Å²) in [5.41, 5.74) is 1.89. The van der Waals surface area contributed by atoms with E-state index < -0.39 is 0 Å². The van der Waals surface area contributed by atoms with E-state index in [2.05, 4.69) is 10.6 Å². The summed E-state index contributed by atoms with van der Waals surface area (Å²) in [5.74, 6) is 0.121. The monoisotopic (exact) mass is 398 g/mol. The van der Waals surface area contributed by atoms with Gasteiger partial charge in [-0.25, -0.2) is 0 Å². The number of hydrogen-bond donors (Lipinski definition) is 2. The van der Waals surface area contributed by atoms with Crippen molar-refractivity contribution in [3.8, 4) is 5.75 Å². The molecule has 2 aromatic rings. The minimum atomic E-state index is -0.224. The Kier molecular flexibility index (Phi) is 6.62. The van der Waals surface area contributed by atoms with Gasteiger partial charge in [-0.3, -0.25) is 9.59 Å². The Bertz CT molecular complexity index is 882. The van der Waals surface area contributed by atoms with Gasteiger partial charge >= 0.3 is 0 Å². The van der Waals surface area contributed by atoms with Gasteiger partial charge in [0.05, 0.1) is 4.91 Å². The maximum atomic E-state index is 12.0. The third-order valence-electron chi connectivity index (χ3n) is 3.79. The highest BCUT2D eigenvalue weighted by molar-refractivity contribution is 8.26. The average Bonchev–Trinajstić information content (AvgIpc) is 2.99. The summed E-state index contributed by atoms with van der Waals surface area (Å²) < 4.78 is 6.08. The number of carbonyl (C=O) groups excluding carboxylic acids is 2. The molecule has 2 N–H and O–H groups in total. The van der Waals surface area contributed by atoms with Crippen LogP contribution in [-0.2, 0) is 16.0 Å². The van der Waals surface area contributed by atoms with Crippen molar-refractivity contribution in [2.45, 2.75) is 6.42 Å². The lowest BCUT2D eigenvalue weighted by atomic mass is 10.1. The van der Waals surface area contributed by atoms with E-state index in [4.69, 9.17) is 17.0 Å². The Labute approximate surface area is 167 Å². The molecule has 7 heteroatoms. The molecule has 3 rings (SSSR count). The van der Waals surface area contributed by atoms with Crippen molar-refractivity contribution in [2.24, 2.45) is 0 Å². The summed E-state index contributed by atoms with van der Waals surface area (Å²) in [4.78, 5) is 24.3. The van der Waals surface area contributed by atoms with Crippen LogP contribution in [0.25, 0.3) is 6.08 Å². The van der Waals surface area contributed by atoms with E-state index in [-0.39, 0.29) is 18.4 Å². The van der Waals surface area contributed by atoms with E-state index in [0.29, 0.717) is 21.5 Å². The van der Waals surface area contributed by atoms with Crippen LogP contribution in [0.3, 0.4) is 0 Å². The predicted molar refractivity (Wildman–Crippen MR) is 111 cm³/mol. The number of hydrogen-bond acceptors (Lipinski definition) is 5. The Hall–Kier alpha value is -2.64. The fourth-order valence-electron chi connectivity index (χ4n) is 2.48. The maximum Gasteiger partial charge on any atom is 0.263 e. The number of nitrogens with one attached hydrogen (secondary N) is 2. The molecule has 1 fully saturated rings. The summed E-state index contributed by atoms with van der Waals surface area (Å²) in [6.07, 6.45) is 2.48. The number of rotatable bonds is 7. The minimum absolute atomic E-state index is 0.0905. The Balaban J connectivity index is 1.53. The molecule has 1 aliphatic rings. The van der Waals surface area contributed by atoms with Crippen LogP contribution in [0, 0.1) is 0 Å². The molecule has 0 radical (unpaired) electrons. The molecule has 1 heterocycles. The number of benzene rings is 2.